The molecule has 1 aromatic carbocycles. The van der Waals surface area contributed by atoms with Gasteiger partial charge in [0.25, 0.3) is 0 Å². The number of halogens is 1. The van der Waals surface area contributed by atoms with Crippen molar-refractivity contribution in [2.75, 3.05) is 19.7 Å². The van der Waals surface area contributed by atoms with Gasteiger partial charge in [0, 0.05) is 17.0 Å². The molecule has 0 heterocycles. The lowest BCUT2D eigenvalue weighted by atomic mass is 9.95. The van der Waals surface area contributed by atoms with Crippen molar-refractivity contribution in [1.29, 1.82) is 0 Å². The van der Waals surface area contributed by atoms with Crippen LogP contribution >= 0.6 is 11.6 Å². The fraction of sp³-hybridized carbons (Fsp3) is 0.571. The first-order valence-electron chi connectivity index (χ1n) is 6.04. The van der Waals surface area contributed by atoms with E-state index in [2.05, 4.69) is 26.1 Å². The Balaban J connectivity index is 2.57. The zero-order chi connectivity index (χ0) is 12.9. The molecule has 0 bridgehead atoms. The van der Waals surface area contributed by atoms with E-state index in [9.17, 15) is 0 Å². The highest BCUT2D eigenvalue weighted by atomic mass is 35.5. The van der Waals surface area contributed by atoms with Crippen molar-refractivity contribution in [1.82, 2.24) is 5.32 Å². The molecule has 0 saturated carbocycles. The van der Waals surface area contributed by atoms with Gasteiger partial charge < -0.3 is 10.1 Å². The molecule has 0 unspecified atom stereocenters. The van der Waals surface area contributed by atoms with E-state index >= 15 is 0 Å². The van der Waals surface area contributed by atoms with Gasteiger partial charge in [0.15, 0.2) is 0 Å². The maximum Gasteiger partial charge on any atom is 0.123 e. The predicted octanol–water partition coefficient (Wildman–Crippen LogP) is 3.66. The molecule has 0 saturated heterocycles. The SMILES string of the molecule is CCNCC(C)(C)COc1cc(Cl)ccc1C. The van der Waals surface area contributed by atoms with Crippen LogP contribution in [-0.2, 0) is 0 Å². The van der Waals surface area contributed by atoms with Crippen molar-refractivity contribution >= 4 is 11.6 Å². The lowest BCUT2D eigenvalue weighted by molar-refractivity contribution is 0.176. The molecule has 96 valence electrons. The number of nitrogens with one attached hydrogen (secondary N) is 1. The van der Waals surface area contributed by atoms with Crippen LogP contribution in [-0.4, -0.2) is 19.7 Å². The van der Waals surface area contributed by atoms with Crippen LogP contribution in [0.2, 0.25) is 5.02 Å². The van der Waals surface area contributed by atoms with E-state index in [4.69, 9.17) is 16.3 Å². The number of rotatable bonds is 6. The molecule has 1 rings (SSSR count). The standard InChI is InChI=1S/C14H22ClNO/c1-5-16-9-14(3,4)10-17-13-8-12(15)7-6-11(13)2/h6-8,16H,5,9-10H2,1-4H3. The predicted molar refractivity (Wildman–Crippen MR) is 74.0 cm³/mol. The topological polar surface area (TPSA) is 21.3 Å². The van der Waals surface area contributed by atoms with Crippen molar-refractivity contribution in [3.05, 3.63) is 28.8 Å². The zero-order valence-corrected chi connectivity index (χ0v) is 11.9. The van der Waals surface area contributed by atoms with Crippen molar-refractivity contribution in [2.45, 2.75) is 27.7 Å². The van der Waals surface area contributed by atoms with Crippen molar-refractivity contribution < 1.29 is 4.74 Å². The second kappa shape index (κ2) is 6.27. The summed E-state index contributed by atoms with van der Waals surface area (Å²) in [5.74, 6) is 0.877. The van der Waals surface area contributed by atoms with Gasteiger partial charge in [-0.25, -0.2) is 0 Å². The smallest absolute Gasteiger partial charge is 0.123 e. The van der Waals surface area contributed by atoms with Gasteiger partial charge in [-0.2, -0.15) is 0 Å². The van der Waals surface area contributed by atoms with Gasteiger partial charge in [0.05, 0.1) is 6.61 Å². The van der Waals surface area contributed by atoms with Gasteiger partial charge in [0.1, 0.15) is 5.75 Å². The first-order chi connectivity index (χ1) is 7.94. The second-order valence-electron chi connectivity index (χ2n) is 5.14. The van der Waals surface area contributed by atoms with Crippen molar-refractivity contribution in [2.24, 2.45) is 5.41 Å². The molecule has 0 aliphatic rings. The molecule has 0 atom stereocenters. The summed E-state index contributed by atoms with van der Waals surface area (Å²) in [7, 11) is 0. The Bertz CT molecular complexity index is 363. The summed E-state index contributed by atoms with van der Waals surface area (Å²) in [6.07, 6.45) is 0. The molecule has 0 amide bonds. The largest absolute Gasteiger partial charge is 0.493 e. The molecule has 1 N–H and O–H groups in total. The maximum atomic E-state index is 5.96. The molecule has 0 aliphatic heterocycles. The highest BCUT2D eigenvalue weighted by Crippen LogP contribution is 2.24. The highest BCUT2D eigenvalue weighted by molar-refractivity contribution is 6.30. The highest BCUT2D eigenvalue weighted by Gasteiger charge is 2.18. The summed E-state index contributed by atoms with van der Waals surface area (Å²) in [4.78, 5) is 0. The van der Waals surface area contributed by atoms with Crippen molar-refractivity contribution in [3.8, 4) is 5.75 Å². The normalized spacial score (nSPS) is 11.6. The summed E-state index contributed by atoms with van der Waals surface area (Å²) >= 11 is 5.96. The average molecular weight is 256 g/mol. The molecule has 2 nitrogen and oxygen atoms in total. The van der Waals surface area contributed by atoms with Crippen LogP contribution in [0, 0.1) is 12.3 Å². The fourth-order valence-corrected chi connectivity index (χ4v) is 1.68. The molecule has 0 aromatic heterocycles. The Hall–Kier alpha value is -0.730. The van der Waals surface area contributed by atoms with E-state index in [-0.39, 0.29) is 5.41 Å². The molecule has 0 spiro atoms. The Labute approximate surface area is 109 Å². The van der Waals surface area contributed by atoms with Crippen LogP contribution in [0.3, 0.4) is 0 Å². The van der Waals surface area contributed by atoms with Gasteiger partial charge in [-0.3, -0.25) is 0 Å². The maximum absolute atomic E-state index is 5.96. The van der Waals surface area contributed by atoms with E-state index in [0.29, 0.717) is 6.61 Å². The van der Waals surface area contributed by atoms with Crippen LogP contribution in [0.4, 0.5) is 0 Å². The second-order valence-corrected chi connectivity index (χ2v) is 5.58. The monoisotopic (exact) mass is 255 g/mol. The number of aryl methyl sites for hydroxylation is 1. The number of benzene rings is 1. The Kier molecular flexibility index (Phi) is 5.29. The Morgan fingerprint density at radius 1 is 1.35 bits per heavy atom. The first kappa shape index (κ1) is 14.3. The Morgan fingerprint density at radius 2 is 2.06 bits per heavy atom. The summed E-state index contributed by atoms with van der Waals surface area (Å²) in [5.41, 5.74) is 1.23. The van der Waals surface area contributed by atoms with E-state index in [1.54, 1.807) is 0 Å². The summed E-state index contributed by atoms with van der Waals surface area (Å²) in [5, 5.41) is 4.06. The van der Waals surface area contributed by atoms with Gasteiger partial charge in [-0.1, -0.05) is 38.4 Å². The van der Waals surface area contributed by atoms with Crippen LogP contribution < -0.4 is 10.1 Å². The lowest BCUT2D eigenvalue weighted by Gasteiger charge is -2.25. The number of hydrogen-bond donors (Lipinski definition) is 1. The van der Waals surface area contributed by atoms with Crippen LogP contribution in [0.1, 0.15) is 26.3 Å². The third-order valence-corrected chi connectivity index (χ3v) is 2.86. The molecule has 0 radical (unpaired) electrons. The van der Waals surface area contributed by atoms with E-state index in [1.807, 2.05) is 25.1 Å². The van der Waals surface area contributed by atoms with Crippen LogP contribution in [0.25, 0.3) is 0 Å². The fourth-order valence-electron chi connectivity index (χ4n) is 1.52. The minimum atomic E-state index is 0.116. The minimum Gasteiger partial charge on any atom is -0.493 e. The summed E-state index contributed by atoms with van der Waals surface area (Å²) < 4.78 is 5.86. The quantitative estimate of drug-likeness (QED) is 0.838. The van der Waals surface area contributed by atoms with E-state index in [1.165, 1.54) is 0 Å². The lowest BCUT2D eigenvalue weighted by Crippen LogP contribution is -2.34. The Morgan fingerprint density at radius 3 is 2.71 bits per heavy atom. The molecular weight excluding hydrogens is 234 g/mol. The van der Waals surface area contributed by atoms with Gasteiger partial charge >= 0.3 is 0 Å². The van der Waals surface area contributed by atoms with Gasteiger partial charge in [-0.15, -0.1) is 0 Å². The van der Waals surface area contributed by atoms with Crippen molar-refractivity contribution in [3.63, 3.8) is 0 Å². The zero-order valence-electron chi connectivity index (χ0n) is 11.1. The van der Waals surface area contributed by atoms with E-state index < -0.39 is 0 Å². The first-order valence-corrected chi connectivity index (χ1v) is 6.42. The average Bonchev–Trinajstić information content (AvgIpc) is 2.28. The third-order valence-electron chi connectivity index (χ3n) is 2.62. The molecular formula is C14H22ClNO. The molecule has 0 fully saturated rings. The third kappa shape index (κ3) is 4.97. The van der Waals surface area contributed by atoms with Crippen LogP contribution in [0.15, 0.2) is 18.2 Å². The molecule has 1 aromatic rings. The summed E-state index contributed by atoms with van der Waals surface area (Å²) in [6, 6.07) is 5.74. The van der Waals surface area contributed by atoms with Gasteiger partial charge in [0.2, 0.25) is 0 Å². The number of hydrogen-bond acceptors (Lipinski definition) is 2. The molecule has 3 heteroatoms. The molecule has 17 heavy (non-hydrogen) atoms. The summed E-state index contributed by atoms with van der Waals surface area (Å²) in [6.45, 7) is 11.1. The minimum absolute atomic E-state index is 0.116. The van der Waals surface area contributed by atoms with E-state index in [0.717, 1.165) is 29.4 Å². The van der Waals surface area contributed by atoms with Crippen LogP contribution in [0.5, 0.6) is 5.75 Å². The number of ether oxygens (including phenoxy) is 1. The van der Waals surface area contributed by atoms with Gasteiger partial charge in [-0.05, 0) is 31.2 Å². The molecule has 0 aliphatic carbocycles.